The molecule has 3 heterocycles. The Morgan fingerprint density at radius 3 is 2.60 bits per heavy atom. The zero-order valence-electron chi connectivity index (χ0n) is 16.9. The third-order valence-corrected chi connectivity index (χ3v) is 6.19. The molecule has 154 valence electrons. The van der Waals surface area contributed by atoms with Gasteiger partial charge in [0.15, 0.2) is 15.6 Å². The molecule has 30 heavy (non-hydrogen) atoms. The molecule has 3 aromatic heterocycles. The Hall–Kier alpha value is -3.39. The summed E-state index contributed by atoms with van der Waals surface area (Å²) in [5, 5.41) is 0.631. The summed E-state index contributed by atoms with van der Waals surface area (Å²) < 4.78 is 33.5. The summed E-state index contributed by atoms with van der Waals surface area (Å²) in [6.45, 7) is 0.491. The SMILES string of the molecule is COc1cc(-c2cc3c(S(C)(=O)=O)cccc3n2Cc2cccnc2)cn(C)c1=O. The van der Waals surface area contributed by atoms with Gasteiger partial charge < -0.3 is 13.9 Å². The van der Waals surface area contributed by atoms with Crippen LogP contribution in [-0.2, 0) is 23.4 Å². The van der Waals surface area contributed by atoms with Crippen molar-refractivity contribution in [1.29, 1.82) is 0 Å². The van der Waals surface area contributed by atoms with Gasteiger partial charge in [0, 0.05) is 49.4 Å². The van der Waals surface area contributed by atoms with Gasteiger partial charge in [-0.25, -0.2) is 8.42 Å². The molecule has 0 bridgehead atoms. The van der Waals surface area contributed by atoms with E-state index in [-0.39, 0.29) is 16.2 Å². The molecule has 0 unspecified atom stereocenters. The van der Waals surface area contributed by atoms with Gasteiger partial charge >= 0.3 is 0 Å². The number of aromatic nitrogens is 3. The van der Waals surface area contributed by atoms with Gasteiger partial charge in [-0.1, -0.05) is 12.1 Å². The van der Waals surface area contributed by atoms with Crippen molar-refractivity contribution in [3.05, 3.63) is 77.0 Å². The molecule has 0 aliphatic carbocycles. The highest BCUT2D eigenvalue weighted by Gasteiger charge is 2.19. The molecule has 0 fully saturated rings. The number of hydrogen-bond acceptors (Lipinski definition) is 5. The summed E-state index contributed by atoms with van der Waals surface area (Å²) >= 11 is 0. The lowest BCUT2D eigenvalue weighted by atomic mass is 10.2. The lowest BCUT2D eigenvalue weighted by molar-refractivity contribution is 0.405. The minimum Gasteiger partial charge on any atom is -0.491 e. The Morgan fingerprint density at radius 1 is 1.13 bits per heavy atom. The smallest absolute Gasteiger partial charge is 0.292 e. The van der Waals surface area contributed by atoms with Crippen molar-refractivity contribution >= 4 is 20.7 Å². The minimum atomic E-state index is -3.42. The Balaban J connectivity index is 2.04. The van der Waals surface area contributed by atoms with Crippen molar-refractivity contribution < 1.29 is 13.2 Å². The molecule has 0 saturated carbocycles. The summed E-state index contributed by atoms with van der Waals surface area (Å²) in [6, 6.07) is 12.6. The first-order chi connectivity index (χ1) is 14.3. The zero-order valence-corrected chi connectivity index (χ0v) is 17.7. The molecule has 7 nitrogen and oxygen atoms in total. The highest BCUT2D eigenvalue weighted by atomic mass is 32.2. The predicted octanol–water partition coefficient (Wildman–Crippen LogP) is 2.86. The number of rotatable bonds is 5. The van der Waals surface area contributed by atoms with Gasteiger partial charge in [-0.3, -0.25) is 9.78 Å². The van der Waals surface area contributed by atoms with Gasteiger partial charge in [-0.15, -0.1) is 0 Å². The minimum absolute atomic E-state index is 0.219. The topological polar surface area (TPSA) is 83.2 Å². The second-order valence-corrected chi connectivity index (χ2v) is 9.14. The molecular weight excluding hydrogens is 402 g/mol. The predicted molar refractivity (Wildman–Crippen MR) is 116 cm³/mol. The number of methoxy groups -OCH3 is 1. The highest BCUT2D eigenvalue weighted by Crippen LogP contribution is 2.33. The van der Waals surface area contributed by atoms with E-state index in [1.165, 1.54) is 17.9 Å². The van der Waals surface area contributed by atoms with Crippen LogP contribution in [-0.4, -0.2) is 35.9 Å². The molecule has 0 aliphatic rings. The van der Waals surface area contributed by atoms with Crippen molar-refractivity contribution in [2.45, 2.75) is 11.4 Å². The first-order valence-corrected chi connectivity index (χ1v) is 11.1. The van der Waals surface area contributed by atoms with Crippen LogP contribution in [0.4, 0.5) is 0 Å². The fourth-order valence-corrected chi connectivity index (χ4v) is 4.52. The molecule has 1 aromatic carbocycles. The fourth-order valence-electron chi connectivity index (χ4n) is 3.63. The van der Waals surface area contributed by atoms with Crippen molar-refractivity contribution in [2.24, 2.45) is 7.05 Å². The number of ether oxygens (including phenoxy) is 1. The number of sulfone groups is 1. The number of aryl methyl sites for hydroxylation is 1. The Kier molecular flexibility index (Phi) is 4.95. The van der Waals surface area contributed by atoms with Gasteiger partial charge in [-0.2, -0.15) is 0 Å². The van der Waals surface area contributed by atoms with E-state index in [9.17, 15) is 13.2 Å². The Morgan fingerprint density at radius 2 is 1.93 bits per heavy atom. The highest BCUT2D eigenvalue weighted by molar-refractivity contribution is 7.91. The third kappa shape index (κ3) is 3.50. The third-order valence-electron chi connectivity index (χ3n) is 5.03. The van der Waals surface area contributed by atoms with Gasteiger partial charge in [0.25, 0.3) is 5.56 Å². The fraction of sp³-hybridized carbons (Fsp3) is 0.182. The standard InChI is InChI=1S/C22H21N3O4S/c1-24-14-16(10-20(29-2)22(24)26)19-11-17-18(7-4-8-21(17)30(3,27)28)25(19)13-15-6-5-9-23-12-15/h4-12,14H,13H2,1-3H3. The van der Waals surface area contributed by atoms with E-state index in [4.69, 9.17) is 4.74 Å². The first-order valence-electron chi connectivity index (χ1n) is 9.26. The molecule has 0 spiro atoms. The van der Waals surface area contributed by atoms with E-state index < -0.39 is 9.84 Å². The number of benzene rings is 1. The quantitative estimate of drug-likeness (QED) is 0.493. The van der Waals surface area contributed by atoms with Crippen LogP contribution < -0.4 is 10.3 Å². The van der Waals surface area contributed by atoms with Crippen molar-refractivity contribution in [1.82, 2.24) is 14.1 Å². The molecule has 0 saturated heterocycles. The van der Waals surface area contributed by atoms with Crippen LogP contribution in [0.1, 0.15) is 5.56 Å². The van der Waals surface area contributed by atoms with E-state index in [1.807, 2.05) is 28.8 Å². The van der Waals surface area contributed by atoms with Crippen LogP contribution in [0.5, 0.6) is 5.75 Å². The van der Waals surface area contributed by atoms with E-state index in [0.29, 0.717) is 11.9 Å². The van der Waals surface area contributed by atoms with E-state index in [1.54, 1.807) is 43.8 Å². The zero-order chi connectivity index (χ0) is 21.5. The second kappa shape index (κ2) is 7.46. The van der Waals surface area contributed by atoms with Gasteiger partial charge in [-0.05, 0) is 35.9 Å². The summed E-state index contributed by atoms with van der Waals surface area (Å²) in [5.41, 5.74) is 3.03. The average Bonchev–Trinajstić information content (AvgIpc) is 3.08. The maximum Gasteiger partial charge on any atom is 0.292 e. The lowest BCUT2D eigenvalue weighted by Gasteiger charge is -2.13. The number of nitrogens with zero attached hydrogens (tertiary/aromatic N) is 3. The molecule has 4 aromatic rings. The van der Waals surface area contributed by atoms with Crippen LogP contribution in [0, 0.1) is 0 Å². The molecule has 0 aliphatic heterocycles. The van der Waals surface area contributed by atoms with E-state index in [2.05, 4.69) is 4.98 Å². The largest absolute Gasteiger partial charge is 0.491 e. The Bertz CT molecular complexity index is 1400. The van der Waals surface area contributed by atoms with E-state index >= 15 is 0 Å². The number of hydrogen-bond donors (Lipinski definition) is 0. The number of pyridine rings is 2. The van der Waals surface area contributed by atoms with Crippen molar-refractivity contribution in [2.75, 3.05) is 13.4 Å². The number of fused-ring (bicyclic) bond motifs is 1. The Labute approximate surface area is 174 Å². The van der Waals surface area contributed by atoms with Crippen LogP contribution in [0.2, 0.25) is 0 Å². The molecule has 0 radical (unpaired) electrons. The normalized spacial score (nSPS) is 11.7. The maximum absolute atomic E-state index is 12.4. The van der Waals surface area contributed by atoms with Crippen molar-refractivity contribution in [3.8, 4) is 17.0 Å². The van der Waals surface area contributed by atoms with Gasteiger partial charge in [0.1, 0.15) is 0 Å². The average molecular weight is 423 g/mol. The summed E-state index contributed by atoms with van der Waals surface area (Å²) in [5.74, 6) is 0.219. The van der Waals surface area contributed by atoms with E-state index in [0.717, 1.165) is 22.3 Å². The van der Waals surface area contributed by atoms with Gasteiger partial charge in [0.2, 0.25) is 0 Å². The van der Waals surface area contributed by atoms with Crippen LogP contribution in [0.3, 0.4) is 0 Å². The summed E-state index contributed by atoms with van der Waals surface area (Å²) in [7, 11) is -0.312. The van der Waals surface area contributed by atoms with Crippen LogP contribution >= 0.6 is 0 Å². The molecular formula is C22H21N3O4S. The van der Waals surface area contributed by atoms with Crippen LogP contribution in [0.15, 0.2) is 70.7 Å². The van der Waals surface area contributed by atoms with Crippen molar-refractivity contribution in [3.63, 3.8) is 0 Å². The summed E-state index contributed by atoms with van der Waals surface area (Å²) in [4.78, 5) is 16.7. The first kappa shape index (κ1) is 19.9. The molecule has 0 N–H and O–H groups in total. The summed E-state index contributed by atoms with van der Waals surface area (Å²) in [6.07, 6.45) is 6.41. The molecule has 4 rings (SSSR count). The van der Waals surface area contributed by atoms with Crippen LogP contribution in [0.25, 0.3) is 22.2 Å². The lowest BCUT2D eigenvalue weighted by Crippen LogP contribution is -2.18. The maximum atomic E-state index is 12.4. The second-order valence-electron chi connectivity index (χ2n) is 7.15. The van der Waals surface area contributed by atoms with Gasteiger partial charge in [0.05, 0.1) is 23.2 Å². The molecule has 8 heteroatoms. The molecule has 0 atom stereocenters. The molecule has 0 amide bonds. The monoisotopic (exact) mass is 423 g/mol.